The van der Waals surface area contributed by atoms with Gasteiger partial charge in [0.25, 0.3) is 11.9 Å². The van der Waals surface area contributed by atoms with E-state index in [-0.39, 0.29) is 17.9 Å². The summed E-state index contributed by atoms with van der Waals surface area (Å²) < 4.78 is 23.7. The molecule has 2 atom stereocenters. The van der Waals surface area contributed by atoms with Crippen molar-refractivity contribution in [3.05, 3.63) is 108 Å². The van der Waals surface area contributed by atoms with E-state index in [1.54, 1.807) is 72.8 Å². The third-order valence-electron chi connectivity index (χ3n) is 10.1. The van der Waals surface area contributed by atoms with Gasteiger partial charge in [-0.15, -0.1) is 0 Å². The SMILES string of the molecule is CCCCCCCCCCCCCC(=O)OC(OC(=O)OC(C(=O)OC1CCC12CC2)(c1ccccc1)c1ccccc1)c1ccccc1. The van der Waals surface area contributed by atoms with Gasteiger partial charge < -0.3 is 18.9 Å². The second-order valence-corrected chi connectivity index (χ2v) is 13.7. The van der Waals surface area contributed by atoms with Crippen LogP contribution in [0.3, 0.4) is 0 Å². The Morgan fingerprint density at radius 1 is 0.673 bits per heavy atom. The van der Waals surface area contributed by atoms with Gasteiger partial charge >= 0.3 is 18.1 Å². The number of benzene rings is 3. The zero-order chi connectivity index (χ0) is 34.4. The Morgan fingerprint density at radius 2 is 1.18 bits per heavy atom. The van der Waals surface area contributed by atoms with Gasteiger partial charge in [0, 0.05) is 28.5 Å². The van der Waals surface area contributed by atoms with Crippen molar-refractivity contribution in [2.45, 2.75) is 128 Å². The predicted octanol–water partition coefficient (Wildman–Crippen LogP) is 10.5. The van der Waals surface area contributed by atoms with Gasteiger partial charge in [-0.3, -0.25) is 4.79 Å². The van der Waals surface area contributed by atoms with Crippen molar-refractivity contribution in [1.29, 1.82) is 0 Å². The Kier molecular flexibility index (Phi) is 13.3. The lowest BCUT2D eigenvalue weighted by Gasteiger charge is -2.40. The Balaban J connectivity index is 1.24. The van der Waals surface area contributed by atoms with Crippen LogP contribution in [0.15, 0.2) is 91.0 Å². The Bertz CT molecular complexity index is 1410. The van der Waals surface area contributed by atoms with Crippen molar-refractivity contribution >= 4 is 18.1 Å². The fourth-order valence-electron chi connectivity index (χ4n) is 6.83. The van der Waals surface area contributed by atoms with Crippen LogP contribution in [0, 0.1) is 5.41 Å². The van der Waals surface area contributed by atoms with Crippen LogP contribution < -0.4 is 0 Å². The molecule has 0 heterocycles. The van der Waals surface area contributed by atoms with Crippen LogP contribution in [0.25, 0.3) is 0 Å². The van der Waals surface area contributed by atoms with Crippen LogP contribution in [0.4, 0.5) is 4.79 Å². The van der Waals surface area contributed by atoms with E-state index in [4.69, 9.17) is 18.9 Å². The number of ether oxygens (including phenoxy) is 4. The van der Waals surface area contributed by atoms with Crippen molar-refractivity contribution in [3.8, 4) is 0 Å². The molecular formula is C42H52O7. The lowest BCUT2D eigenvalue weighted by atomic mass is 9.78. The Labute approximate surface area is 291 Å². The molecule has 49 heavy (non-hydrogen) atoms. The Morgan fingerprint density at radius 3 is 1.67 bits per heavy atom. The quantitative estimate of drug-likeness (QED) is 0.0512. The maximum absolute atomic E-state index is 14.3. The molecule has 0 bridgehead atoms. The molecule has 2 unspecified atom stereocenters. The molecule has 3 aromatic carbocycles. The topological polar surface area (TPSA) is 88.1 Å². The van der Waals surface area contributed by atoms with Crippen LogP contribution in [-0.2, 0) is 34.1 Å². The molecule has 3 aromatic rings. The number of carbonyl (C=O) groups excluding carboxylic acids is 3. The second kappa shape index (κ2) is 18.0. The Hall–Kier alpha value is -4.13. The van der Waals surface area contributed by atoms with E-state index in [9.17, 15) is 14.4 Å². The van der Waals surface area contributed by atoms with E-state index in [0.29, 0.717) is 23.1 Å². The third-order valence-corrected chi connectivity index (χ3v) is 10.1. The smallest absolute Gasteiger partial charge is 0.458 e. The first-order chi connectivity index (χ1) is 24.0. The maximum atomic E-state index is 14.3. The van der Waals surface area contributed by atoms with E-state index >= 15 is 0 Å². The van der Waals surface area contributed by atoms with E-state index in [2.05, 4.69) is 6.92 Å². The third kappa shape index (κ3) is 9.74. The fourth-order valence-corrected chi connectivity index (χ4v) is 6.83. The van der Waals surface area contributed by atoms with Gasteiger partial charge in [0.15, 0.2) is 0 Å². The molecule has 2 aliphatic rings. The number of unbranched alkanes of at least 4 members (excludes halogenated alkanes) is 10. The molecule has 0 aromatic heterocycles. The molecule has 262 valence electrons. The van der Waals surface area contributed by atoms with Gasteiger partial charge in [-0.2, -0.15) is 0 Å². The summed E-state index contributed by atoms with van der Waals surface area (Å²) in [4.78, 5) is 41.1. The predicted molar refractivity (Wildman–Crippen MR) is 188 cm³/mol. The molecule has 7 heteroatoms. The maximum Gasteiger partial charge on any atom is 0.513 e. The number of hydrogen-bond donors (Lipinski definition) is 0. The van der Waals surface area contributed by atoms with Gasteiger partial charge in [-0.25, -0.2) is 9.59 Å². The summed E-state index contributed by atoms with van der Waals surface area (Å²) in [6, 6.07) is 26.5. The van der Waals surface area contributed by atoms with Crippen molar-refractivity contribution in [2.24, 2.45) is 5.41 Å². The highest BCUT2D eigenvalue weighted by atomic mass is 16.8. The molecule has 1 spiro atoms. The van der Waals surface area contributed by atoms with Crippen LogP contribution in [0.5, 0.6) is 0 Å². The van der Waals surface area contributed by atoms with Crippen LogP contribution in [-0.4, -0.2) is 24.2 Å². The summed E-state index contributed by atoms with van der Waals surface area (Å²) in [5.74, 6) is -1.14. The molecule has 0 N–H and O–H groups in total. The number of esters is 2. The fraction of sp³-hybridized carbons (Fsp3) is 0.500. The first kappa shape index (κ1) is 36.2. The van der Waals surface area contributed by atoms with Crippen LogP contribution in [0.1, 0.15) is 133 Å². The molecular weight excluding hydrogens is 616 g/mol. The van der Waals surface area contributed by atoms with Crippen LogP contribution in [0.2, 0.25) is 0 Å². The van der Waals surface area contributed by atoms with E-state index in [0.717, 1.165) is 38.5 Å². The lowest BCUT2D eigenvalue weighted by molar-refractivity contribution is -0.190. The van der Waals surface area contributed by atoms with Gasteiger partial charge in [0.05, 0.1) is 0 Å². The van der Waals surface area contributed by atoms with Crippen molar-refractivity contribution in [3.63, 3.8) is 0 Å². The highest BCUT2D eigenvalue weighted by Gasteiger charge is 2.60. The summed E-state index contributed by atoms with van der Waals surface area (Å²) in [7, 11) is 0. The largest absolute Gasteiger partial charge is 0.513 e. The number of rotatable bonds is 20. The van der Waals surface area contributed by atoms with Gasteiger partial charge in [-0.1, -0.05) is 162 Å². The van der Waals surface area contributed by atoms with E-state index in [1.807, 2.05) is 18.2 Å². The first-order valence-electron chi connectivity index (χ1n) is 18.4. The molecule has 2 saturated carbocycles. The van der Waals surface area contributed by atoms with Gasteiger partial charge in [0.1, 0.15) is 6.10 Å². The van der Waals surface area contributed by atoms with E-state index < -0.39 is 30.0 Å². The van der Waals surface area contributed by atoms with Gasteiger partial charge in [-0.05, 0) is 32.1 Å². The zero-order valence-corrected chi connectivity index (χ0v) is 29.0. The minimum absolute atomic E-state index is 0.0514. The average Bonchev–Trinajstić information content (AvgIpc) is 3.96. The van der Waals surface area contributed by atoms with Crippen LogP contribution >= 0.6 is 0 Å². The molecule has 0 aliphatic heterocycles. The lowest BCUT2D eigenvalue weighted by Crippen LogP contribution is -2.48. The minimum atomic E-state index is -1.94. The second-order valence-electron chi connectivity index (χ2n) is 13.7. The summed E-state index contributed by atoms with van der Waals surface area (Å²) in [6.45, 7) is 2.24. The average molecular weight is 669 g/mol. The van der Waals surface area contributed by atoms with Crippen molar-refractivity contribution in [2.75, 3.05) is 0 Å². The highest BCUT2D eigenvalue weighted by molar-refractivity contribution is 5.88. The minimum Gasteiger partial charge on any atom is -0.458 e. The molecule has 0 amide bonds. The zero-order valence-electron chi connectivity index (χ0n) is 29.0. The molecule has 0 radical (unpaired) electrons. The molecule has 7 nitrogen and oxygen atoms in total. The summed E-state index contributed by atoms with van der Waals surface area (Å²) in [5.41, 5.74) is -0.555. The normalized spacial score (nSPS) is 16.6. The molecule has 2 aliphatic carbocycles. The first-order valence-corrected chi connectivity index (χ1v) is 18.4. The molecule has 0 saturated heterocycles. The summed E-state index contributed by atoms with van der Waals surface area (Å²) in [6.07, 6.45) is 14.3. The monoisotopic (exact) mass is 668 g/mol. The number of hydrogen-bond acceptors (Lipinski definition) is 7. The summed E-state index contributed by atoms with van der Waals surface area (Å²) >= 11 is 0. The van der Waals surface area contributed by atoms with Gasteiger partial charge in [0.2, 0.25) is 0 Å². The van der Waals surface area contributed by atoms with Crippen molar-refractivity contribution < 1.29 is 33.3 Å². The molecule has 5 rings (SSSR count). The highest BCUT2D eigenvalue weighted by Crippen LogP contribution is 2.62. The number of carbonyl (C=O) groups is 3. The van der Waals surface area contributed by atoms with E-state index in [1.165, 1.54) is 51.4 Å². The summed E-state index contributed by atoms with van der Waals surface area (Å²) in [5, 5.41) is 0. The molecule has 2 fully saturated rings. The van der Waals surface area contributed by atoms with Crippen molar-refractivity contribution in [1.82, 2.24) is 0 Å². The standard InChI is InChI=1S/C42H52O7/c1-2-3-4-5-6-7-8-9-10-11-21-28-37(43)47-38(33-22-15-12-16-23-33)48-40(45)49-42(34-24-17-13-18-25-34,35-26-19-14-20-27-35)39(44)46-36-29-30-41(36)31-32-41/h12-20,22-27,36,38H,2-11,21,28-32H2,1H3.